The largest absolute Gasteiger partial charge is 0.462 e. The highest BCUT2D eigenvalue weighted by molar-refractivity contribution is 7.13. The van der Waals surface area contributed by atoms with Crippen molar-refractivity contribution < 1.29 is 19.1 Å². The number of hydrogen-bond acceptors (Lipinski definition) is 6. The van der Waals surface area contributed by atoms with Crippen LogP contribution in [-0.2, 0) is 4.74 Å². The van der Waals surface area contributed by atoms with E-state index in [1.165, 1.54) is 23.3 Å². The van der Waals surface area contributed by atoms with Crippen molar-refractivity contribution in [2.45, 2.75) is 6.10 Å². The fraction of sp³-hybridized carbons (Fsp3) is 0.385. The highest BCUT2D eigenvalue weighted by Gasteiger charge is 2.19. The van der Waals surface area contributed by atoms with Gasteiger partial charge in [0.05, 0.1) is 19.0 Å². The summed E-state index contributed by atoms with van der Waals surface area (Å²) in [7, 11) is 3.12. The van der Waals surface area contributed by atoms with Gasteiger partial charge in [-0.05, 0) is 12.1 Å². The zero-order valence-electron chi connectivity index (χ0n) is 11.3. The van der Waals surface area contributed by atoms with Crippen molar-refractivity contribution in [2.75, 3.05) is 27.3 Å². The van der Waals surface area contributed by atoms with Crippen LogP contribution in [0.5, 0.6) is 0 Å². The molecule has 0 aliphatic rings. The predicted octanol–water partition coefficient (Wildman–Crippen LogP) is 1.48. The van der Waals surface area contributed by atoms with Crippen LogP contribution < -0.4 is 0 Å². The van der Waals surface area contributed by atoms with Crippen LogP contribution in [0.4, 0.5) is 0 Å². The number of methoxy groups -OCH3 is 1. The molecular weight excluding hydrogens is 280 g/mol. The molecule has 6 nitrogen and oxygen atoms in total. The van der Waals surface area contributed by atoms with E-state index in [2.05, 4.69) is 4.98 Å². The topological polar surface area (TPSA) is 75.8 Å². The van der Waals surface area contributed by atoms with Crippen molar-refractivity contribution in [3.8, 4) is 10.8 Å². The molecule has 0 spiro atoms. The second-order valence-corrected chi connectivity index (χ2v) is 5.17. The minimum absolute atomic E-state index is 0.187. The van der Waals surface area contributed by atoms with E-state index >= 15 is 0 Å². The Kier molecular flexibility index (Phi) is 4.89. The monoisotopic (exact) mass is 296 g/mol. The fourth-order valence-electron chi connectivity index (χ4n) is 1.73. The second-order valence-electron chi connectivity index (χ2n) is 4.31. The summed E-state index contributed by atoms with van der Waals surface area (Å²) in [6.07, 6.45) is 0.850. The zero-order chi connectivity index (χ0) is 14.5. The SMILES string of the molecule is COCC(O)CN(C)C(=O)c1csc(-c2ccco2)n1. The Morgan fingerprint density at radius 1 is 1.65 bits per heavy atom. The summed E-state index contributed by atoms with van der Waals surface area (Å²) in [5, 5.41) is 12.0. The van der Waals surface area contributed by atoms with Gasteiger partial charge in [-0.3, -0.25) is 4.79 Å². The molecule has 0 saturated heterocycles. The van der Waals surface area contributed by atoms with Gasteiger partial charge in [0.1, 0.15) is 5.69 Å². The maximum atomic E-state index is 12.2. The lowest BCUT2D eigenvalue weighted by molar-refractivity contribution is 0.0378. The number of carbonyl (C=O) groups is 1. The molecule has 7 heteroatoms. The van der Waals surface area contributed by atoms with Crippen LogP contribution in [0.1, 0.15) is 10.5 Å². The molecule has 0 bridgehead atoms. The Hall–Kier alpha value is -1.70. The van der Waals surface area contributed by atoms with Crippen molar-refractivity contribution >= 4 is 17.2 Å². The number of likely N-dealkylation sites (N-methyl/N-ethyl adjacent to an activating group) is 1. The number of carbonyl (C=O) groups excluding carboxylic acids is 1. The first-order valence-electron chi connectivity index (χ1n) is 6.03. The molecule has 1 N–H and O–H groups in total. The Bertz CT molecular complexity index is 552. The van der Waals surface area contributed by atoms with E-state index in [1.807, 2.05) is 0 Å². The van der Waals surface area contributed by atoms with Crippen LogP contribution in [0.3, 0.4) is 0 Å². The highest BCUT2D eigenvalue weighted by Crippen LogP contribution is 2.24. The van der Waals surface area contributed by atoms with Crippen molar-refractivity contribution in [3.05, 3.63) is 29.5 Å². The quantitative estimate of drug-likeness (QED) is 0.874. The number of hydrogen-bond donors (Lipinski definition) is 1. The number of furan rings is 1. The lowest BCUT2D eigenvalue weighted by Crippen LogP contribution is -2.36. The minimum atomic E-state index is -0.711. The molecule has 2 aromatic rings. The number of ether oxygens (including phenoxy) is 1. The van der Waals surface area contributed by atoms with E-state index in [4.69, 9.17) is 9.15 Å². The number of amides is 1. The minimum Gasteiger partial charge on any atom is -0.462 e. The average molecular weight is 296 g/mol. The maximum Gasteiger partial charge on any atom is 0.273 e. The molecule has 1 unspecified atom stereocenters. The van der Waals surface area contributed by atoms with Crippen molar-refractivity contribution in [2.24, 2.45) is 0 Å². The first kappa shape index (κ1) is 14.7. The van der Waals surface area contributed by atoms with Crippen LogP contribution >= 0.6 is 11.3 Å². The molecule has 0 aromatic carbocycles. The summed E-state index contributed by atoms with van der Waals surface area (Å²) in [5.41, 5.74) is 0.341. The van der Waals surface area contributed by atoms with E-state index in [0.717, 1.165) is 0 Å². The van der Waals surface area contributed by atoms with Gasteiger partial charge in [-0.1, -0.05) is 0 Å². The standard InChI is InChI=1S/C13H16N2O4S/c1-15(6-9(16)7-18-2)13(17)10-8-20-12(14-10)11-4-3-5-19-11/h3-5,8-9,16H,6-7H2,1-2H3. The van der Waals surface area contributed by atoms with Crippen LogP contribution in [0, 0.1) is 0 Å². The van der Waals surface area contributed by atoms with Crippen molar-refractivity contribution in [3.63, 3.8) is 0 Å². The average Bonchev–Trinajstić information content (AvgIpc) is 3.08. The van der Waals surface area contributed by atoms with Gasteiger partial charge in [-0.15, -0.1) is 11.3 Å². The molecule has 108 valence electrons. The molecule has 0 aliphatic heterocycles. The molecule has 2 rings (SSSR count). The number of rotatable bonds is 6. The van der Waals surface area contributed by atoms with Gasteiger partial charge >= 0.3 is 0 Å². The summed E-state index contributed by atoms with van der Waals surface area (Å²) in [6.45, 7) is 0.382. The summed E-state index contributed by atoms with van der Waals surface area (Å²) in [5.74, 6) is 0.394. The van der Waals surface area contributed by atoms with Crippen LogP contribution in [0.25, 0.3) is 10.8 Å². The number of aromatic nitrogens is 1. The first-order valence-corrected chi connectivity index (χ1v) is 6.91. The van der Waals surface area contributed by atoms with E-state index < -0.39 is 6.10 Å². The van der Waals surface area contributed by atoms with Gasteiger partial charge < -0.3 is 19.2 Å². The molecule has 0 fully saturated rings. The lowest BCUT2D eigenvalue weighted by Gasteiger charge is -2.19. The Labute approximate surface area is 120 Å². The Morgan fingerprint density at radius 2 is 2.45 bits per heavy atom. The summed E-state index contributed by atoms with van der Waals surface area (Å²) >= 11 is 1.34. The number of aliphatic hydroxyl groups is 1. The van der Waals surface area contributed by atoms with Crippen LogP contribution in [0.2, 0.25) is 0 Å². The van der Waals surface area contributed by atoms with Gasteiger partial charge in [-0.25, -0.2) is 4.98 Å². The molecular formula is C13H16N2O4S. The van der Waals surface area contributed by atoms with Crippen molar-refractivity contribution in [1.82, 2.24) is 9.88 Å². The molecule has 0 saturated carbocycles. The maximum absolute atomic E-state index is 12.2. The summed E-state index contributed by atoms with van der Waals surface area (Å²) < 4.78 is 10.1. The third-order valence-electron chi connectivity index (χ3n) is 2.65. The van der Waals surface area contributed by atoms with Gasteiger partial charge in [-0.2, -0.15) is 0 Å². The van der Waals surface area contributed by atoms with E-state index in [-0.39, 0.29) is 19.1 Å². The molecule has 1 atom stereocenters. The number of thiazole rings is 1. The molecule has 0 radical (unpaired) electrons. The summed E-state index contributed by atoms with van der Waals surface area (Å²) in [4.78, 5) is 17.8. The van der Waals surface area contributed by atoms with Gasteiger partial charge in [0.25, 0.3) is 5.91 Å². The van der Waals surface area contributed by atoms with Gasteiger partial charge in [0.15, 0.2) is 10.8 Å². The number of aliphatic hydroxyl groups excluding tert-OH is 1. The third kappa shape index (κ3) is 3.44. The third-order valence-corrected chi connectivity index (χ3v) is 3.50. The molecule has 2 aromatic heterocycles. The van der Waals surface area contributed by atoms with Crippen LogP contribution in [-0.4, -0.2) is 54.3 Å². The van der Waals surface area contributed by atoms with Gasteiger partial charge in [0.2, 0.25) is 0 Å². The van der Waals surface area contributed by atoms with E-state index in [9.17, 15) is 9.90 Å². The number of nitrogens with zero attached hydrogens (tertiary/aromatic N) is 2. The molecule has 0 aliphatic carbocycles. The summed E-state index contributed by atoms with van der Waals surface area (Å²) in [6, 6.07) is 3.56. The molecule has 2 heterocycles. The Morgan fingerprint density at radius 3 is 3.10 bits per heavy atom. The smallest absolute Gasteiger partial charge is 0.273 e. The first-order chi connectivity index (χ1) is 9.61. The normalized spacial score (nSPS) is 12.3. The molecule has 20 heavy (non-hydrogen) atoms. The van der Waals surface area contributed by atoms with E-state index in [1.54, 1.807) is 30.8 Å². The Balaban J connectivity index is 2.02. The zero-order valence-corrected chi connectivity index (χ0v) is 12.1. The second kappa shape index (κ2) is 6.65. The molecule has 1 amide bonds. The van der Waals surface area contributed by atoms with Crippen molar-refractivity contribution in [1.29, 1.82) is 0 Å². The lowest BCUT2D eigenvalue weighted by atomic mass is 10.3. The highest BCUT2D eigenvalue weighted by atomic mass is 32.1. The fourth-order valence-corrected chi connectivity index (χ4v) is 2.49. The van der Waals surface area contributed by atoms with Crippen LogP contribution in [0.15, 0.2) is 28.2 Å². The predicted molar refractivity (Wildman–Crippen MR) is 74.7 cm³/mol. The van der Waals surface area contributed by atoms with E-state index in [0.29, 0.717) is 16.5 Å². The van der Waals surface area contributed by atoms with Gasteiger partial charge in [0, 0.05) is 26.1 Å².